The van der Waals surface area contributed by atoms with Gasteiger partial charge in [-0.05, 0) is 18.2 Å². The summed E-state index contributed by atoms with van der Waals surface area (Å²) in [7, 11) is 0. The van der Waals surface area contributed by atoms with Gasteiger partial charge in [-0.2, -0.15) is 10.5 Å². The van der Waals surface area contributed by atoms with Gasteiger partial charge in [0, 0.05) is 14.6 Å². The average molecular weight is 263 g/mol. The van der Waals surface area contributed by atoms with Crippen molar-refractivity contribution >= 4 is 37.4 Å². The van der Waals surface area contributed by atoms with Crippen molar-refractivity contribution in [3.63, 3.8) is 0 Å². The van der Waals surface area contributed by atoms with Gasteiger partial charge in [-0.3, -0.25) is 0 Å². The number of thiophene rings is 1. The van der Waals surface area contributed by atoms with Crippen molar-refractivity contribution in [2.24, 2.45) is 0 Å². The maximum atomic E-state index is 8.92. The highest BCUT2D eigenvalue weighted by Gasteiger charge is 2.11. The smallest absolute Gasteiger partial charge is 0.123 e. The predicted octanol–water partition coefficient (Wildman–Crippen LogP) is 3.41. The largest absolute Gasteiger partial charge is 0.192 e. The van der Waals surface area contributed by atoms with E-state index in [1.165, 1.54) is 11.3 Å². The molecule has 0 spiro atoms. The van der Waals surface area contributed by atoms with Crippen LogP contribution in [-0.4, -0.2) is 0 Å². The van der Waals surface area contributed by atoms with E-state index in [-0.39, 0.29) is 0 Å². The predicted molar refractivity (Wildman–Crippen MR) is 59.0 cm³/mol. The van der Waals surface area contributed by atoms with Crippen LogP contribution in [0.3, 0.4) is 0 Å². The summed E-state index contributed by atoms with van der Waals surface area (Å²) in [5, 5.41) is 18.6. The van der Waals surface area contributed by atoms with Crippen LogP contribution in [0.15, 0.2) is 22.7 Å². The Morgan fingerprint density at radius 3 is 2.64 bits per heavy atom. The SMILES string of the molecule is N#Cc1sc2ccc(Br)cc2c1C#N. The molecule has 0 atom stereocenters. The molecule has 0 N–H and O–H groups in total. The Bertz CT molecular complexity index is 586. The van der Waals surface area contributed by atoms with Crippen molar-refractivity contribution in [1.29, 1.82) is 10.5 Å². The topological polar surface area (TPSA) is 47.6 Å². The molecule has 1 aromatic carbocycles. The molecule has 0 unspecified atom stereocenters. The Morgan fingerprint density at radius 2 is 2.00 bits per heavy atom. The van der Waals surface area contributed by atoms with E-state index in [1.54, 1.807) is 0 Å². The zero-order chi connectivity index (χ0) is 10.1. The van der Waals surface area contributed by atoms with E-state index in [9.17, 15) is 0 Å². The monoisotopic (exact) mass is 262 g/mol. The van der Waals surface area contributed by atoms with Gasteiger partial charge in [-0.25, -0.2) is 0 Å². The van der Waals surface area contributed by atoms with E-state index in [0.717, 1.165) is 14.6 Å². The molecular weight excluding hydrogens is 260 g/mol. The second kappa shape index (κ2) is 3.42. The number of benzene rings is 1. The van der Waals surface area contributed by atoms with E-state index in [0.29, 0.717) is 10.4 Å². The highest BCUT2D eigenvalue weighted by molar-refractivity contribution is 9.10. The maximum Gasteiger partial charge on any atom is 0.123 e. The molecule has 1 heterocycles. The Labute approximate surface area is 93.1 Å². The van der Waals surface area contributed by atoms with E-state index in [4.69, 9.17) is 10.5 Å². The van der Waals surface area contributed by atoms with Crippen molar-refractivity contribution in [3.05, 3.63) is 33.1 Å². The lowest BCUT2D eigenvalue weighted by atomic mass is 10.1. The zero-order valence-corrected chi connectivity index (χ0v) is 9.32. The molecule has 0 saturated carbocycles. The number of hydrogen-bond donors (Lipinski definition) is 0. The first-order valence-corrected chi connectivity index (χ1v) is 5.39. The minimum atomic E-state index is 0.480. The van der Waals surface area contributed by atoms with Crippen LogP contribution in [-0.2, 0) is 0 Å². The Kier molecular flexibility index (Phi) is 2.25. The number of nitriles is 2. The van der Waals surface area contributed by atoms with Gasteiger partial charge < -0.3 is 0 Å². The van der Waals surface area contributed by atoms with Crippen LogP contribution in [0.2, 0.25) is 0 Å². The van der Waals surface area contributed by atoms with Gasteiger partial charge in [0.15, 0.2) is 0 Å². The molecule has 66 valence electrons. The molecule has 2 aromatic rings. The first-order valence-electron chi connectivity index (χ1n) is 3.78. The van der Waals surface area contributed by atoms with Gasteiger partial charge in [-0.15, -0.1) is 11.3 Å². The number of nitrogens with zero attached hydrogens (tertiary/aromatic N) is 2. The fourth-order valence-corrected chi connectivity index (χ4v) is 2.55. The van der Waals surface area contributed by atoms with Crippen molar-refractivity contribution in [2.45, 2.75) is 0 Å². The van der Waals surface area contributed by atoms with Crippen LogP contribution < -0.4 is 0 Å². The van der Waals surface area contributed by atoms with Crippen LogP contribution >= 0.6 is 27.3 Å². The number of hydrogen-bond acceptors (Lipinski definition) is 3. The van der Waals surface area contributed by atoms with Crippen LogP contribution in [0.4, 0.5) is 0 Å². The first kappa shape index (κ1) is 9.21. The van der Waals surface area contributed by atoms with Crippen LogP contribution in [0, 0.1) is 22.7 Å². The van der Waals surface area contributed by atoms with Crippen LogP contribution in [0.5, 0.6) is 0 Å². The third-order valence-electron chi connectivity index (χ3n) is 1.86. The molecule has 14 heavy (non-hydrogen) atoms. The minimum Gasteiger partial charge on any atom is -0.192 e. The van der Waals surface area contributed by atoms with Crippen LogP contribution in [0.1, 0.15) is 10.4 Å². The van der Waals surface area contributed by atoms with E-state index < -0.39 is 0 Å². The maximum absolute atomic E-state index is 8.92. The third kappa shape index (κ3) is 1.29. The van der Waals surface area contributed by atoms with E-state index in [2.05, 4.69) is 22.0 Å². The lowest BCUT2D eigenvalue weighted by Gasteiger charge is -1.90. The molecule has 2 rings (SSSR count). The van der Waals surface area contributed by atoms with Crippen molar-refractivity contribution in [2.75, 3.05) is 0 Å². The van der Waals surface area contributed by atoms with E-state index in [1.807, 2.05) is 24.3 Å². The fourth-order valence-electron chi connectivity index (χ4n) is 1.26. The number of rotatable bonds is 0. The molecule has 0 aliphatic heterocycles. The molecule has 0 aliphatic rings. The quantitative estimate of drug-likeness (QED) is 0.731. The minimum absolute atomic E-state index is 0.480. The molecule has 0 amide bonds. The summed E-state index contributed by atoms with van der Waals surface area (Å²) in [5.74, 6) is 0. The van der Waals surface area contributed by atoms with Crippen LogP contribution in [0.25, 0.3) is 10.1 Å². The molecule has 0 fully saturated rings. The van der Waals surface area contributed by atoms with Gasteiger partial charge in [0.05, 0.1) is 5.56 Å². The first-order chi connectivity index (χ1) is 6.76. The third-order valence-corrected chi connectivity index (χ3v) is 3.43. The van der Waals surface area contributed by atoms with Gasteiger partial charge >= 0.3 is 0 Å². The summed E-state index contributed by atoms with van der Waals surface area (Å²) in [6, 6.07) is 9.78. The summed E-state index contributed by atoms with van der Waals surface area (Å²) in [4.78, 5) is 0.487. The summed E-state index contributed by atoms with van der Waals surface area (Å²) < 4.78 is 1.89. The number of fused-ring (bicyclic) bond motifs is 1. The Balaban J connectivity index is 2.92. The zero-order valence-electron chi connectivity index (χ0n) is 6.91. The summed E-state index contributed by atoms with van der Waals surface area (Å²) in [6.45, 7) is 0. The molecule has 0 radical (unpaired) electrons. The lowest BCUT2D eigenvalue weighted by Crippen LogP contribution is -1.74. The fraction of sp³-hybridized carbons (Fsp3) is 0. The molecule has 2 nitrogen and oxygen atoms in total. The normalized spacial score (nSPS) is 9.64. The lowest BCUT2D eigenvalue weighted by molar-refractivity contribution is 1.48. The van der Waals surface area contributed by atoms with E-state index >= 15 is 0 Å². The second-order valence-corrected chi connectivity index (χ2v) is 4.64. The summed E-state index contributed by atoms with van der Waals surface area (Å²) >= 11 is 4.69. The van der Waals surface area contributed by atoms with Gasteiger partial charge in [0.1, 0.15) is 17.0 Å². The molecule has 4 heteroatoms. The van der Waals surface area contributed by atoms with Crippen molar-refractivity contribution in [3.8, 4) is 12.1 Å². The molecular formula is C10H3BrN2S. The average Bonchev–Trinajstić information content (AvgIpc) is 2.54. The summed E-state index contributed by atoms with van der Waals surface area (Å²) in [6.07, 6.45) is 0. The van der Waals surface area contributed by atoms with Gasteiger partial charge in [0.2, 0.25) is 0 Å². The standard InChI is InChI=1S/C10H3BrN2S/c11-6-1-2-9-7(3-6)8(4-12)10(5-13)14-9/h1-3H. The Morgan fingerprint density at radius 1 is 1.21 bits per heavy atom. The number of halogens is 1. The van der Waals surface area contributed by atoms with Crippen molar-refractivity contribution in [1.82, 2.24) is 0 Å². The molecule has 0 bridgehead atoms. The molecule has 1 aromatic heterocycles. The highest BCUT2D eigenvalue weighted by Crippen LogP contribution is 2.32. The molecule has 0 saturated heterocycles. The molecule has 0 aliphatic carbocycles. The van der Waals surface area contributed by atoms with Crippen molar-refractivity contribution < 1.29 is 0 Å². The summed E-state index contributed by atoms with van der Waals surface area (Å²) in [5.41, 5.74) is 0.480. The Hall–Kier alpha value is -1.36. The van der Waals surface area contributed by atoms with Gasteiger partial charge in [0.25, 0.3) is 0 Å². The highest BCUT2D eigenvalue weighted by atomic mass is 79.9. The second-order valence-electron chi connectivity index (χ2n) is 2.67. The van der Waals surface area contributed by atoms with Gasteiger partial charge in [-0.1, -0.05) is 15.9 Å².